The van der Waals surface area contributed by atoms with E-state index in [2.05, 4.69) is 12.6 Å². The van der Waals surface area contributed by atoms with E-state index < -0.39 is 0 Å². The van der Waals surface area contributed by atoms with Crippen LogP contribution >= 0.6 is 0 Å². The molecule has 80 valence electrons. The maximum Gasteiger partial charge on any atom is 0.119 e. The number of nitrogens with zero attached hydrogens (tertiary/aromatic N) is 2. The molecule has 0 aromatic heterocycles. The summed E-state index contributed by atoms with van der Waals surface area (Å²) >= 11 is 0. The van der Waals surface area contributed by atoms with Crippen molar-refractivity contribution in [2.75, 3.05) is 18.6 Å². The molecule has 0 saturated heterocycles. The zero-order chi connectivity index (χ0) is 11.5. The molecule has 0 saturated carbocycles. The van der Waals surface area contributed by atoms with Crippen LogP contribution in [-0.4, -0.2) is 13.7 Å². The Hall–Kier alpha value is -2.21. The Balaban J connectivity index is 2.24. The minimum absolute atomic E-state index is 0.649. The summed E-state index contributed by atoms with van der Waals surface area (Å²) < 4.78 is 5.09. The quantitative estimate of drug-likeness (QED) is 0.755. The van der Waals surface area contributed by atoms with Crippen molar-refractivity contribution < 1.29 is 4.74 Å². The number of hydrogen-bond donors (Lipinski definition) is 0. The summed E-state index contributed by atoms with van der Waals surface area (Å²) in [5.41, 5.74) is 2.54. The van der Waals surface area contributed by atoms with Crippen molar-refractivity contribution in [1.82, 2.24) is 0 Å². The van der Waals surface area contributed by atoms with Gasteiger partial charge in [-0.05, 0) is 29.8 Å². The third-order valence-electron chi connectivity index (χ3n) is 2.55. The zero-order valence-electron chi connectivity index (χ0n) is 9.10. The number of ether oxygens (including phenoxy) is 1. The van der Waals surface area contributed by atoms with Crippen molar-refractivity contribution in [2.45, 2.75) is 0 Å². The molecule has 0 fully saturated rings. The lowest BCUT2D eigenvalue weighted by Gasteiger charge is -2.15. The fraction of sp³-hybridized carbons (Fsp3) is 0.154. The first-order chi connectivity index (χ1) is 7.74. The molecule has 0 unspecified atom stereocenters. The Morgan fingerprint density at radius 3 is 2.56 bits per heavy atom. The van der Waals surface area contributed by atoms with Crippen LogP contribution in [0.15, 0.2) is 48.2 Å². The van der Waals surface area contributed by atoms with Crippen molar-refractivity contribution in [3.05, 3.63) is 48.2 Å². The van der Waals surface area contributed by atoms with E-state index in [1.165, 1.54) is 0 Å². The normalized spacial score (nSPS) is 14.6. The molecule has 2 rings (SSSR count). The Morgan fingerprint density at radius 2 is 2.06 bits per heavy atom. The number of rotatable bonds is 2. The summed E-state index contributed by atoms with van der Waals surface area (Å²) in [6.45, 7) is 4.53. The predicted molar refractivity (Wildman–Crippen MR) is 63.2 cm³/mol. The van der Waals surface area contributed by atoms with Gasteiger partial charge in [0.2, 0.25) is 0 Å². The summed E-state index contributed by atoms with van der Waals surface area (Å²) in [5.74, 6) is 0.825. The molecule has 16 heavy (non-hydrogen) atoms. The number of anilines is 1. The molecule has 0 atom stereocenters. The highest BCUT2D eigenvalue weighted by molar-refractivity contribution is 5.61. The molecule has 0 radical (unpaired) electrons. The predicted octanol–water partition coefficient (Wildman–Crippen LogP) is 2.48. The van der Waals surface area contributed by atoms with Gasteiger partial charge in [-0.2, -0.15) is 5.26 Å². The van der Waals surface area contributed by atoms with E-state index in [4.69, 9.17) is 10.00 Å². The van der Waals surface area contributed by atoms with Gasteiger partial charge in [-0.1, -0.05) is 6.58 Å². The average Bonchev–Trinajstić information content (AvgIpc) is 2.71. The van der Waals surface area contributed by atoms with E-state index in [-0.39, 0.29) is 0 Å². The summed E-state index contributed by atoms with van der Waals surface area (Å²) in [6, 6.07) is 9.85. The van der Waals surface area contributed by atoms with Gasteiger partial charge in [0.1, 0.15) is 11.8 Å². The molecule has 0 amide bonds. The maximum atomic E-state index is 8.86. The van der Waals surface area contributed by atoms with E-state index in [0.29, 0.717) is 12.1 Å². The number of methoxy groups -OCH3 is 1. The second kappa shape index (κ2) is 4.11. The molecule has 3 heteroatoms. The smallest absolute Gasteiger partial charge is 0.119 e. The topological polar surface area (TPSA) is 36.3 Å². The minimum atomic E-state index is 0.649. The molecule has 0 aliphatic carbocycles. The van der Waals surface area contributed by atoms with Gasteiger partial charge in [-0.25, -0.2) is 0 Å². The molecule has 0 spiro atoms. The molecule has 1 aromatic rings. The molecule has 1 aromatic carbocycles. The lowest BCUT2D eigenvalue weighted by Crippen LogP contribution is -2.12. The third kappa shape index (κ3) is 1.78. The monoisotopic (exact) mass is 212 g/mol. The SMILES string of the molecule is C=C1CN(c2ccc(OC)cc2)C=C1C#N. The maximum absolute atomic E-state index is 8.86. The van der Waals surface area contributed by atoms with Gasteiger partial charge in [0, 0.05) is 18.4 Å². The highest BCUT2D eigenvalue weighted by Gasteiger charge is 2.17. The lowest BCUT2D eigenvalue weighted by atomic mass is 10.2. The van der Waals surface area contributed by atoms with Crippen molar-refractivity contribution in [2.24, 2.45) is 0 Å². The molecule has 0 bridgehead atoms. The van der Waals surface area contributed by atoms with Crippen LogP contribution in [0.5, 0.6) is 5.75 Å². The first kappa shape index (κ1) is 10.3. The first-order valence-electron chi connectivity index (χ1n) is 4.95. The zero-order valence-corrected chi connectivity index (χ0v) is 9.10. The second-order valence-corrected chi connectivity index (χ2v) is 3.58. The summed E-state index contributed by atoms with van der Waals surface area (Å²) in [7, 11) is 1.64. The minimum Gasteiger partial charge on any atom is -0.497 e. The van der Waals surface area contributed by atoms with Crippen LogP contribution in [-0.2, 0) is 0 Å². The van der Waals surface area contributed by atoms with E-state index in [1.54, 1.807) is 7.11 Å². The standard InChI is InChI=1S/C13H12N2O/c1-10-8-15(9-11(10)7-14)12-3-5-13(16-2)6-4-12/h3-6,9H,1,8H2,2H3. The average molecular weight is 212 g/mol. The molecule has 3 nitrogen and oxygen atoms in total. The molecule has 1 heterocycles. The van der Waals surface area contributed by atoms with Crippen LogP contribution in [0.2, 0.25) is 0 Å². The Labute approximate surface area is 94.9 Å². The van der Waals surface area contributed by atoms with Crippen molar-refractivity contribution in [3.8, 4) is 11.8 Å². The van der Waals surface area contributed by atoms with E-state index >= 15 is 0 Å². The van der Waals surface area contributed by atoms with E-state index in [0.717, 1.165) is 17.0 Å². The number of nitriles is 1. The van der Waals surface area contributed by atoms with Crippen molar-refractivity contribution in [1.29, 1.82) is 5.26 Å². The van der Waals surface area contributed by atoms with Crippen LogP contribution in [0.4, 0.5) is 5.69 Å². The molecular formula is C13H12N2O. The lowest BCUT2D eigenvalue weighted by molar-refractivity contribution is 0.415. The van der Waals surface area contributed by atoms with E-state index in [9.17, 15) is 0 Å². The van der Waals surface area contributed by atoms with Gasteiger partial charge < -0.3 is 9.64 Å². The Morgan fingerprint density at radius 1 is 1.38 bits per heavy atom. The second-order valence-electron chi connectivity index (χ2n) is 3.58. The van der Waals surface area contributed by atoms with Gasteiger partial charge in [0.25, 0.3) is 0 Å². The Kier molecular flexibility index (Phi) is 2.65. The molecule has 0 N–H and O–H groups in total. The van der Waals surface area contributed by atoms with Gasteiger partial charge in [0.15, 0.2) is 0 Å². The van der Waals surface area contributed by atoms with Gasteiger partial charge in [-0.3, -0.25) is 0 Å². The third-order valence-corrected chi connectivity index (χ3v) is 2.55. The van der Waals surface area contributed by atoms with Crippen LogP contribution in [0.25, 0.3) is 0 Å². The summed E-state index contributed by atoms with van der Waals surface area (Å²) in [6.07, 6.45) is 1.82. The fourth-order valence-corrected chi connectivity index (χ4v) is 1.63. The molecule has 1 aliphatic heterocycles. The first-order valence-corrected chi connectivity index (χ1v) is 4.95. The van der Waals surface area contributed by atoms with E-state index in [1.807, 2.05) is 35.4 Å². The van der Waals surface area contributed by atoms with Crippen molar-refractivity contribution >= 4 is 5.69 Å². The van der Waals surface area contributed by atoms with Gasteiger partial charge >= 0.3 is 0 Å². The van der Waals surface area contributed by atoms with Crippen LogP contribution < -0.4 is 9.64 Å². The van der Waals surface area contributed by atoms with Crippen LogP contribution in [0.3, 0.4) is 0 Å². The summed E-state index contributed by atoms with van der Waals surface area (Å²) in [4.78, 5) is 2.00. The molecular weight excluding hydrogens is 200 g/mol. The highest BCUT2D eigenvalue weighted by atomic mass is 16.5. The van der Waals surface area contributed by atoms with Crippen molar-refractivity contribution in [3.63, 3.8) is 0 Å². The highest BCUT2D eigenvalue weighted by Crippen LogP contribution is 2.26. The van der Waals surface area contributed by atoms with Crippen LogP contribution in [0, 0.1) is 11.3 Å². The Bertz CT molecular complexity index is 480. The molecule has 1 aliphatic rings. The van der Waals surface area contributed by atoms with Gasteiger partial charge in [0.05, 0.1) is 12.7 Å². The fourth-order valence-electron chi connectivity index (χ4n) is 1.63. The van der Waals surface area contributed by atoms with Gasteiger partial charge in [-0.15, -0.1) is 0 Å². The summed E-state index contributed by atoms with van der Waals surface area (Å²) in [5, 5.41) is 8.86. The number of hydrogen-bond acceptors (Lipinski definition) is 3. The number of benzene rings is 1. The van der Waals surface area contributed by atoms with Crippen LogP contribution in [0.1, 0.15) is 0 Å². The largest absolute Gasteiger partial charge is 0.497 e.